The van der Waals surface area contributed by atoms with Gasteiger partial charge in [-0.15, -0.1) is 0 Å². The molecule has 100 valence electrons. The minimum Gasteiger partial charge on any atom is -0.481 e. The maximum Gasteiger partial charge on any atom is 0.308 e. The molecule has 2 atom stereocenters. The highest BCUT2D eigenvalue weighted by Gasteiger charge is 2.34. The number of hydrogen-bond donors (Lipinski definition) is 1. The summed E-state index contributed by atoms with van der Waals surface area (Å²) in [7, 11) is 0. The van der Waals surface area contributed by atoms with Gasteiger partial charge in [0, 0.05) is 19.6 Å². The number of carboxylic acid groups (broad SMARTS) is 1. The Bertz CT molecular complexity index is 539. The predicted molar refractivity (Wildman–Crippen MR) is 66.7 cm³/mol. The summed E-state index contributed by atoms with van der Waals surface area (Å²) < 4.78 is 13.2. The van der Waals surface area contributed by atoms with Gasteiger partial charge in [0.2, 0.25) is 0 Å². The van der Waals surface area contributed by atoms with Crippen molar-refractivity contribution in [1.29, 1.82) is 5.26 Å². The number of halogens is 1. The molecule has 1 aromatic carbocycles. The number of hydrogen-bond acceptors (Lipinski definition) is 3. The van der Waals surface area contributed by atoms with Gasteiger partial charge in [0.25, 0.3) is 0 Å². The smallest absolute Gasteiger partial charge is 0.308 e. The van der Waals surface area contributed by atoms with Crippen molar-refractivity contribution in [1.82, 2.24) is 4.90 Å². The summed E-state index contributed by atoms with van der Waals surface area (Å²) in [6, 6.07) is 6.09. The lowest BCUT2D eigenvalue weighted by Crippen LogP contribution is -2.23. The van der Waals surface area contributed by atoms with Crippen LogP contribution in [0, 0.1) is 29.0 Å². The second kappa shape index (κ2) is 5.37. The minimum absolute atomic E-state index is 0.0663. The molecule has 1 saturated heterocycles. The first kappa shape index (κ1) is 13.5. The first-order valence-corrected chi connectivity index (χ1v) is 6.15. The molecule has 0 aliphatic carbocycles. The number of nitrogens with zero attached hydrogens (tertiary/aromatic N) is 2. The second-order valence-corrected chi connectivity index (χ2v) is 5.03. The van der Waals surface area contributed by atoms with E-state index < -0.39 is 5.97 Å². The molecule has 1 aliphatic rings. The fourth-order valence-electron chi connectivity index (χ4n) is 2.56. The predicted octanol–water partition coefficient (Wildman–Crippen LogP) is 1.85. The van der Waals surface area contributed by atoms with Crippen LogP contribution in [-0.2, 0) is 11.3 Å². The van der Waals surface area contributed by atoms with Crippen LogP contribution in [0.3, 0.4) is 0 Å². The SMILES string of the molecule is C[C@@H]1CN(Cc2cc(F)ccc2C#N)C[C@H]1C(=O)O. The van der Waals surface area contributed by atoms with E-state index in [-0.39, 0.29) is 17.7 Å². The summed E-state index contributed by atoms with van der Waals surface area (Å²) in [6.07, 6.45) is 0. The zero-order valence-corrected chi connectivity index (χ0v) is 10.6. The van der Waals surface area contributed by atoms with Gasteiger partial charge in [0.05, 0.1) is 17.6 Å². The van der Waals surface area contributed by atoms with Gasteiger partial charge < -0.3 is 5.11 Å². The third-order valence-electron chi connectivity index (χ3n) is 3.59. The monoisotopic (exact) mass is 262 g/mol. The molecule has 0 unspecified atom stereocenters. The van der Waals surface area contributed by atoms with Crippen LogP contribution in [0.4, 0.5) is 4.39 Å². The fourth-order valence-corrected chi connectivity index (χ4v) is 2.56. The molecule has 0 spiro atoms. The van der Waals surface area contributed by atoms with Crippen molar-refractivity contribution in [3.8, 4) is 6.07 Å². The van der Waals surface area contributed by atoms with Crippen molar-refractivity contribution in [3.05, 3.63) is 35.1 Å². The van der Waals surface area contributed by atoms with E-state index in [1.165, 1.54) is 18.2 Å². The minimum atomic E-state index is -0.797. The highest BCUT2D eigenvalue weighted by Crippen LogP contribution is 2.25. The highest BCUT2D eigenvalue weighted by molar-refractivity contribution is 5.71. The Balaban J connectivity index is 2.13. The Morgan fingerprint density at radius 3 is 2.89 bits per heavy atom. The third-order valence-corrected chi connectivity index (χ3v) is 3.59. The molecule has 1 aliphatic heterocycles. The Hall–Kier alpha value is -1.93. The molecule has 0 bridgehead atoms. The van der Waals surface area contributed by atoms with Gasteiger partial charge in [0.15, 0.2) is 0 Å². The lowest BCUT2D eigenvalue weighted by atomic mass is 9.99. The average Bonchev–Trinajstić information content (AvgIpc) is 2.71. The van der Waals surface area contributed by atoms with Crippen LogP contribution in [0.5, 0.6) is 0 Å². The van der Waals surface area contributed by atoms with Gasteiger partial charge in [-0.1, -0.05) is 6.92 Å². The molecule has 4 nitrogen and oxygen atoms in total. The van der Waals surface area contributed by atoms with Crippen molar-refractivity contribution >= 4 is 5.97 Å². The summed E-state index contributed by atoms with van der Waals surface area (Å²) in [5.74, 6) is -1.50. The summed E-state index contributed by atoms with van der Waals surface area (Å²) >= 11 is 0. The highest BCUT2D eigenvalue weighted by atomic mass is 19.1. The molecule has 1 heterocycles. The molecule has 1 N–H and O–H groups in total. The number of benzene rings is 1. The van der Waals surface area contributed by atoms with Crippen LogP contribution in [0.2, 0.25) is 0 Å². The van der Waals surface area contributed by atoms with Crippen LogP contribution in [0.25, 0.3) is 0 Å². The molecule has 0 amide bonds. The summed E-state index contributed by atoms with van der Waals surface area (Å²) in [6.45, 7) is 3.40. The van der Waals surface area contributed by atoms with E-state index in [1.54, 1.807) is 0 Å². The Morgan fingerprint density at radius 2 is 2.32 bits per heavy atom. The van der Waals surface area contributed by atoms with E-state index in [0.717, 1.165) is 0 Å². The van der Waals surface area contributed by atoms with E-state index in [4.69, 9.17) is 10.4 Å². The average molecular weight is 262 g/mol. The van der Waals surface area contributed by atoms with Crippen molar-refractivity contribution < 1.29 is 14.3 Å². The van der Waals surface area contributed by atoms with Crippen molar-refractivity contribution in [2.24, 2.45) is 11.8 Å². The number of likely N-dealkylation sites (tertiary alicyclic amines) is 1. The summed E-state index contributed by atoms with van der Waals surface area (Å²) in [4.78, 5) is 13.0. The molecule has 1 aromatic rings. The van der Waals surface area contributed by atoms with Crippen molar-refractivity contribution in [2.45, 2.75) is 13.5 Å². The first-order valence-electron chi connectivity index (χ1n) is 6.15. The largest absolute Gasteiger partial charge is 0.481 e. The Labute approximate surface area is 111 Å². The third kappa shape index (κ3) is 2.91. The zero-order chi connectivity index (χ0) is 14.0. The van der Waals surface area contributed by atoms with Crippen LogP contribution < -0.4 is 0 Å². The quantitative estimate of drug-likeness (QED) is 0.903. The van der Waals surface area contributed by atoms with Gasteiger partial charge in [-0.25, -0.2) is 4.39 Å². The van der Waals surface area contributed by atoms with E-state index in [9.17, 15) is 9.18 Å². The van der Waals surface area contributed by atoms with Gasteiger partial charge in [-0.3, -0.25) is 9.69 Å². The number of carboxylic acids is 1. The molecule has 1 fully saturated rings. The summed E-state index contributed by atoms with van der Waals surface area (Å²) in [5.41, 5.74) is 1.05. The molecular weight excluding hydrogens is 247 g/mol. The van der Waals surface area contributed by atoms with Gasteiger partial charge >= 0.3 is 5.97 Å². The van der Waals surface area contributed by atoms with Gasteiger partial charge in [-0.2, -0.15) is 5.26 Å². The topological polar surface area (TPSA) is 64.3 Å². The van der Waals surface area contributed by atoms with E-state index in [2.05, 4.69) is 0 Å². The molecule has 0 radical (unpaired) electrons. The van der Waals surface area contributed by atoms with Crippen LogP contribution >= 0.6 is 0 Å². The van der Waals surface area contributed by atoms with E-state index in [1.807, 2.05) is 17.9 Å². The standard InChI is InChI=1S/C14H15FN2O2/c1-9-6-17(8-13(9)14(18)19)7-11-4-12(15)3-2-10(11)5-16/h2-4,9,13H,6-8H2,1H3,(H,18,19)/t9-,13-/m1/s1. The van der Waals surface area contributed by atoms with Crippen LogP contribution in [-0.4, -0.2) is 29.1 Å². The summed E-state index contributed by atoms with van der Waals surface area (Å²) in [5, 5.41) is 18.1. The van der Waals surface area contributed by atoms with Crippen LogP contribution in [0.15, 0.2) is 18.2 Å². The molecule has 0 saturated carbocycles. The molecule has 0 aromatic heterocycles. The van der Waals surface area contributed by atoms with Crippen molar-refractivity contribution in [2.75, 3.05) is 13.1 Å². The number of aliphatic carboxylic acids is 1. The number of nitriles is 1. The molecule has 5 heteroatoms. The van der Waals surface area contributed by atoms with E-state index in [0.29, 0.717) is 30.8 Å². The maximum atomic E-state index is 13.2. The van der Waals surface area contributed by atoms with Gasteiger partial charge in [0.1, 0.15) is 5.82 Å². The molecule has 19 heavy (non-hydrogen) atoms. The lowest BCUT2D eigenvalue weighted by Gasteiger charge is -2.16. The zero-order valence-electron chi connectivity index (χ0n) is 10.6. The second-order valence-electron chi connectivity index (χ2n) is 5.03. The normalized spacial score (nSPS) is 23.2. The molecular formula is C14H15FN2O2. The number of carbonyl (C=O) groups is 1. The maximum absolute atomic E-state index is 13.2. The Kier molecular flexibility index (Phi) is 3.82. The fraction of sp³-hybridized carbons (Fsp3) is 0.429. The molecule has 2 rings (SSSR count). The first-order chi connectivity index (χ1) is 9.01. The van der Waals surface area contributed by atoms with Crippen LogP contribution in [0.1, 0.15) is 18.1 Å². The van der Waals surface area contributed by atoms with E-state index >= 15 is 0 Å². The number of rotatable bonds is 3. The lowest BCUT2D eigenvalue weighted by molar-refractivity contribution is -0.142. The van der Waals surface area contributed by atoms with Gasteiger partial charge in [-0.05, 0) is 29.7 Å². The van der Waals surface area contributed by atoms with Crippen molar-refractivity contribution in [3.63, 3.8) is 0 Å². The Morgan fingerprint density at radius 1 is 1.58 bits per heavy atom.